The van der Waals surface area contributed by atoms with Gasteiger partial charge in [-0.15, -0.1) is 0 Å². The number of ether oxygens (including phenoxy) is 6. The SMILES string of the molecule is CC(=O)O[C@H]1C[C@H](OC(C)=O)[C@@]2(C)[C@H]([C@H]1C)[C@H](OC(C)=O)[C@]13O[C@@]1(C)C(=O)O[C@H]3/C=C(/C)CC[C@@H]2OC(C)=O. The summed E-state index contributed by atoms with van der Waals surface area (Å²) in [6, 6.07) is 0. The summed E-state index contributed by atoms with van der Waals surface area (Å²) in [5.41, 5.74) is -3.09. The maximum atomic E-state index is 13.1. The van der Waals surface area contributed by atoms with Gasteiger partial charge in [0.25, 0.3) is 0 Å². The highest BCUT2D eigenvalue weighted by Gasteiger charge is 2.87. The largest absolute Gasteiger partial charge is 0.462 e. The van der Waals surface area contributed by atoms with Crippen molar-refractivity contribution >= 4 is 29.8 Å². The van der Waals surface area contributed by atoms with Crippen LogP contribution >= 0.6 is 0 Å². The minimum atomic E-state index is -1.41. The Labute approximate surface area is 227 Å². The van der Waals surface area contributed by atoms with E-state index in [-0.39, 0.29) is 6.42 Å². The third-order valence-electron chi connectivity index (χ3n) is 9.04. The molecule has 2 heterocycles. The lowest BCUT2D eigenvalue weighted by atomic mass is 9.53. The topological polar surface area (TPSA) is 144 Å². The summed E-state index contributed by atoms with van der Waals surface area (Å²) < 4.78 is 35.5. The van der Waals surface area contributed by atoms with Crippen LogP contribution in [0.5, 0.6) is 0 Å². The van der Waals surface area contributed by atoms with Crippen molar-refractivity contribution in [2.24, 2.45) is 17.3 Å². The fourth-order valence-electron chi connectivity index (χ4n) is 7.27. The Morgan fingerprint density at radius 2 is 1.46 bits per heavy atom. The molecule has 0 aromatic rings. The Balaban J connectivity index is 2.01. The van der Waals surface area contributed by atoms with E-state index in [0.29, 0.717) is 12.8 Å². The molecule has 11 heteroatoms. The molecule has 216 valence electrons. The highest BCUT2D eigenvalue weighted by atomic mass is 16.7. The van der Waals surface area contributed by atoms with Crippen LogP contribution in [0.1, 0.15) is 74.7 Å². The minimum absolute atomic E-state index is 0.136. The Kier molecular flexibility index (Phi) is 7.38. The second-order valence-corrected chi connectivity index (χ2v) is 11.7. The van der Waals surface area contributed by atoms with Crippen molar-refractivity contribution in [3.63, 3.8) is 0 Å². The van der Waals surface area contributed by atoms with Crippen molar-refractivity contribution in [1.29, 1.82) is 0 Å². The number of carbonyl (C=O) groups is 5. The van der Waals surface area contributed by atoms with Crippen molar-refractivity contribution in [1.82, 2.24) is 0 Å². The van der Waals surface area contributed by atoms with Crippen LogP contribution in [0.15, 0.2) is 11.6 Å². The first-order valence-corrected chi connectivity index (χ1v) is 13.3. The molecule has 0 bridgehead atoms. The quantitative estimate of drug-likeness (QED) is 0.220. The first-order valence-electron chi connectivity index (χ1n) is 13.3. The van der Waals surface area contributed by atoms with Gasteiger partial charge in [-0.25, -0.2) is 4.79 Å². The maximum Gasteiger partial charge on any atom is 0.342 e. The number of carbonyl (C=O) groups excluding carboxylic acids is 5. The van der Waals surface area contributed by atoms with Crippen LogP contribution in [0, 0.1) is 17.3 Å². The third kappa shape index (κ3) is 4.62. The summed E-state index contributed by atoms with van der Waals surface area (Å²) in [4.78, 5) is 62.6. The van der Waals surface area contributed by atoms with Crippen LogP contribution in [0.2, 0.25) is 0 Å². The van der Waals surface area contributed by atoms with E-state index in [2.05, 4.69) is 0 Å². The van der Waals surface area contributed by atoms with E-state index < -0.39 is 88.8 Å². The number of allylic oxidation sites excluding steroid dienone is 1. The third-order valence-corrected chi connectivity index (χ3v) is 9.04. The van der Waals surface area contributed by atoms with Crippen LogP contribution in [-0.2, 0) is 52.4 Å². The molecule has 3 fully saturated rings. The minimum Gasteiger partial charge on any atom is -0.462 e. The Hall–Kier alpha value is -2.95. The van der Waals surface area contributed by atoms with Crippen molar-refractivity contribution in [2.75, 3.05) is 0 Å². The Morgan fingerprint density at radius 3 is 2.00 bits per heavy atom. The summed E-state index contributed by atoms with van der Waals surface area (Å²) in [5.74, 6) is -4.10. The van der Waals surface area contributed by atoms with Crippen molar-refractivity contribution in [2.45, 2.75) is 116 Å². The summed E-state index contributed by atoms with van der Waals surface area (Å²) in [6.07, 6.45) is -1.64. The predicted octanol–water partition coefficient (Wildman–Crippen LogP) is 2.57. The van der Waals surface area contributed by atoms with E-state index in [1.165, 1.54) is 27.7 Å². The van der Waals surface area contributed by atoms with Gasteiger partial charge in [0.1, 0.15) is 24.4 Å². The second kappa shape index (κ2) is 9.91. The highest BCUT2D eigenvalue weighted by molar-refractivity contribution is 5.89. The smallest absolute Gasteiger partial charge is 0.342 e. The zero-order valence-corrected chi connectivity index (χ0v) is 23.7. The first kappa shape index (κ1) is 29.0. The predicted molar refractivity (Wildman–Crippen MR) is 133 cm³/mol. The summed E-state index contributed by atoms with van der Waals surface area (Å²) in [7, 11) is 0. The fraction of sp³-hybridized carbons (Fsp3) is 0.750. The van der Waals surface area contributed by atoms with Gasteiger partial charge in [0, 0.05) is 51.4 Å². The van der Waals surface area contributed by atoms with Gasteiger partial charge >= 0.3 is 29.8 Å². The number of rotatable bonds is 4. The van der Waals surface area contributed by atoms with Gasteiger partial charge in [-0.1, -0.05) is 19.4 Å². The molecule has 2 aliphatic carbocycles. The molecule has 1 saturated carbocycles. The molecule has 0 N–H and O–H groups in total. The van der Waals surface area contributed by atoms with E-state index in [0.717, 1.165) is 5.57 Å². The second-order valence-electron chi connectivity index (χ2n) is 11.7. The van der Waals surface area contributed by atoms with Gasteiger partial charge in [0.2, 0.25) is 0 Å². The monoisotopic (exact) mass is 550 g/mol. The summed E-state index contributed by atoms with van der Waals surface area (Å²) >= 11 is 0. The van der Waals surface area contributed by atoms with Gasteiger partial charge in [-0.05, 0) is 32.8 Å². The van der Waals surface area contributed by atoms with E-state index in [1.807, 2.05) is 20.8 Å². The van der Waals surface area contributed by atoms with Crippen molar-refractivity contribution < 1.29 is 52.4 Å². The average Bonchev–Trinajstić information content (AvgIpc) is 3.39. The number of hydrogen-bond acceptors (Lipinski definition) is 11. The van der Waals surface area contributed by atoms with Gasteiger partial charge in [-0.3, -0.25) is 19.2 Å². The molecule has 11 nitrogen and oxygen atoms in total. The molecule has 4 aliphatic rings. The zero-order valence-electron chi connectivity index (χ0n) is 23.7. The van der Waals surface area contributed by atoms with Gasteiger partial charge in [0.15, 0.2) is 17.3 Å². The standard InChI is InChI=1S/C28H38O11/c1-13-9-10-20(35-16(4)30)26(7)21(36-17(5)31)12-19(34-15(3)29)14(2)23(26)24(37-18(6)32)28-22(11-13)38-25(33)27(28,8)39-28/h11,14,19-24H,9-10,12H2,1-8H3/b13-11-/t14-,19-,20-,21-,22-,23+,24-,26-,27-,28-/m0/s1. The van der Waals surface area contributed by atoms with Crippen molar-refractivity contribution in [3.8, 4) is 0 Å². The number of epoxide rings is 1. The normalized spacial score (nSPS) is 44.2. The number of esters is 5. The summed E-state index contributed by atoms with van der Waals surface area (Å²) in [6.45, 7) is 12.3. The molecule has 0 amide bonds. The van der Waals surface area contributed by atoms with Crippen LogP contribution in [0.3, 0.4) is 0 Å². The van der Waals surface area contributed by atoms with Gasteiger partial charge < -0.3 is 28.4 Å². The Bertz CT molecular complexity index is 1110. The van der Waals surface area contributed by atoms with Crippen LogP contribution in [0.25, 0.3) is 0 Å². The number of hydrogen-bond donors (Lipinski definition) is 0. The zero-order chi connectivity index (χ0) is 29.1. The van der Waals surface area contributed by atoms with Crippen LogP contribution in [0.4, 0.5) is 0 Å². The van der Waals surface area contributed by atoms with E-state index in [1.54, 1.807) is 13.0 Å². The van der Waals surface area contributed by atoms with Gasteiger partial charge in [0.05, 0.1) is 0 Å². The molecule has 10 atom stereocenters. The molecule has 0 aromatic heterocycles. The molecule has 0 unspecified atom stereocenters. The van der Waals surface area contributed by atoms with Crippen LogP contribution in [-0.4, -0.2) is 71.6 Å². The molecule has 39 heavy (non-hydrogen) atoms. The molecular weight excluding hydrogens is 512 g/mol. The molecule has 0 aromatic carbocycles. The maximum absolute atomic E-state index is 13.1. The Morgan fingerprint density at radius 1 is 0.897 bits per heavy atom. The van der Waals surface area contributed by atoms with E-state index >= 15 is 0 Å². The highest BCUT2D eigenvalue weighted by Crippen LogP contribution is 2.66. The number of fused-ring (bicyclic) bond motifs is 1. The molecule has 4 rings (SSSR count). The lowest BCUT2D eigenvalue weighted by molar-refractivity contribution is -0.235. The average molecular weight is 551 g/mol. The lowest BCUT2D eigenvalue weighted by Crippen LogP contribution is -2.66. The first-order chi connectivity index (χ1) is 18.1. The van der Waals surface area contributed by atoms with Crippen LogP contribution < -0.4 is 0 Å². The van der Waals surface area contributed by atoms with E-state index in [9.17, 15) is 24.0 Å². The lowest BCUT2D eigenvalue weighted by Gasteiger charge is -2.57. The van der Waals surface area contributed by atoms with Crippen molar-refractivity contribution in [3.05, 3.63) is 11.6 Å². The summed E-state index contributed by atoms with van der Waals surface area (Å²) in [5, 5.41) is 0. The molecule has 1 spiro atoms. The molecular formula is C28H38O11. The van der Waals surface area contributed by atoms with Gasteiger partial charge in [-0.2, -0.15) is 0 Å². The molecule has 2 aliphatic heterocycles. The molecule has 0 radical (unpaired) electrons. The molecule has 2 saturated heterocycles. The fourth-order valence-corrected chi connectivity index (χ4v) is 7.27. The van der Waals surface area contributed by atoms with E-state index in [4.69, 9.17) is 28.4 Å².